The summed E-state index contributed by atoms with van der Waals surface area (Å²) < 4.78 is 0. The molecule has 3 aromatic rings. The number of carbonyl (C=O) groups is 1. The van der Waals surface area contributed by atoms with Crippen molar-refractivity contribution < 1.29 is 4.79 Å². The molecule has 0 spiro atoms. The zero-order valence-corrected chi connectivity index (χ0v) is 16.3. The molecule has 1 aromatic heterocycles. The van der Waals surface area contributed by atoms with Gasteiger partial charge >= 0.3 is 0 Å². The first-order valence-electron chi connectivity index (χ1n) is 10.0. The Labute approximate surface area is 170 Å². The second-order valence-electron chi connectivity index (χ2n) is 7.83. The predicted molar refractivity (Wildman–Crippen MR) is 116 cm³/mol. The van der Waals surface area contributed by atoms with Gasteiger partial charge in [-0.2, -0.15) is 0 Å². The summed E-state index contributed by atoms with van der Waals surface area (Å²) in [7, 11) is 0. The first-order valence-corrected chi connectivity index (χ1v) is 10.0. The van der Waals surface area contributed by atoms with Crippen molar-refractivity contribution in [1.82, 2.24) is 4.98 Å². The number of nitrogens with one attached hydrogen (secondary N) is 2. The van der Waals surface area contributed by atoms with Crippen LogP contribution in [-0.4, -0.2) is 10.9 Å². The number of amides is 1. The molecule has 1 aliphatic carbocycles. The van der Waals surface area contributed by atoms with Crippen LogP contribution < -0.4 is 10.6 Å². The van der Waals surface area contributed by atoms with E-state index >= 15 is 0 Å². The summed E-state index contributed by atoms with van der Waals surface area (Å²) in [6.07, 6.45) is 9.38. The number of rotatable bonds is 3. The summed E-state index contributed by atoms with van der Waals surface area (Å²) in [6, 6.07) is 18.2. The average molecular weight is 381 g/mol. The number of pyridine rings is 1. The molecule has 0 saturated heterocycles. The van der Waals surface area contributed by atoms with Crippen LogP contribution in [0.1, 0.15) is 45.4 Å². The van der Waals surface area contributed by atoms with Crippen LogP contribution in [0.2, 0.25) is 0 Å². The van der Waals surface area contributed by atoms with Crippen LogP contribution in [-0.2, 0) is 0 Å². The van der Waals surface area contributed by atoms with Gasteiger partial charge < -0.3 is 10.6 Å². The van der Waals surface area contributed by atoms with Gasteiger partial charge in [0.15, 0.2) is 0 Å². The van der Waals surface area contributed by atoms with E-state index in [1.54, 1.807) is 0 Å². The van der Waals surface area contributed by atoms with Gasteiger partial charge in [0.05, 0.1) is 6.04 Å². The molecule has 4 nitrogen and oxygen atoms in total. The van der Waals surface area contributed by atoms with Crippen molar-refractivity contribution in [2.45, 2.75) is 25.3 Å². The lowest BCUT2D eigenvalue weighted by Crippen LogP contribution is -2.29. The van der Waals surface area contributed by atoms with Crippen LogP contribution in [0, 0.1) is 12.8 Å². The number of hydrogen-bond donors (Lipinski definition) is 2. The van der Waals surface area contributed by atoms with E-state index in [-0.39, 0.29) is 11.9 Å². The van der Waals surface area contributed by atoms with Gasteiger partial charge in [-0.05, 0) is 66.3 Å². The second-order valence-corrected chi connectivity index (χ2v) is 7.83. The number of carbonyl (C=O) groups excluding carboxylic acids is 1. The number of anilines is 2. The highest BCUT2D eigenvalue weighted by molar-refractivity contribution is 6.05. The molecule has 3 atom stereocenters. The van der Waals surface area contributed by atoms with Gasteiger partial charge in [0.2, 0.25) is 0 Å². The number of benzene rings is 2. The Morgan fingerprint density at radius 1 is 1.14 bits per heavy atom. The molecular weight excluding hydrogens is 358 g/mol. The first-order chi connectivity index (χ1) is 14.2. The topological polar surface area (TPSA) is 54.0 Å². The Morgan fingerprint density at radius 3 is 2.86 bits per heavy atom. The summed E-state index contributed by atoms with van der Waals surface area (Å²) >= 11 is 0. The third-order valence-electron chi connectivity index (χ3n) is 6.05. The van der Waals surface area contributed by atoms with Crippen molar-refractivity contribution in [3.05, 3.63) is 101 Å². The molecule has 0 fully saturated rings. The van der Waals surface area contributed by atoms with E-state index in [1.165, 1.54) is 11.1 Å². The molecular formula is C25H23N3O. The number of aromatic nitrogens is 1. The van der Waals surface area contributed by atoms with E-state index < -0.39 is 0 Å². The lowest BCUT2D eigenvalue weighted by atomic mass is 9.77. The average Bonchev–Trinajstić information content (AvgIpc) is 3.24. The molecule has 1 amide bonds. The molecule has 29 heavy (non-hydrogen) atoms. The highest BCUT2D eigenvalue weighted by atomic mass is 16.1. The largest absolute Gasteiger partial charge is 0.378 e. The summed E-state index contributed by atoms with van der Waals surface area (Å²) in [5, 5.41) is 6.78. The Kier molecular flexibility index (Phi) is 4.39. The maximum Gasteiger partial charge on any atom is 0.255 e. The van der Waals surface area contributed by atoms with Gasteiger partial charge in [0.1, 0.15) is 0 Å². The molecule has 2 aliphatic rings. The minimum atomic E-state index is -0.0708. The molecule has 2 N–H and O–H groups in total. The monoisotopic (exact) mass is 381 g/mol. The third-order valence-corrected chi connectivity index (χ3v) is 6.05. The molecule has 3 unspecified atom stereocenters. The summed E-state index contributed by atoms with van der Waals surface area (Å²) in [6.45, 7) is 1.96. The van der Waals surface area contributed by atoms with E-state index in [9.17, 15) is 4.79 Å². The Hall–Kier alpha value is -3.40. The lowest BCUT2D eigenvalue weighted by molar-refractivity contribution is 0.102. The molecule has 2 heterocycles. The normalized spacial score (nSPS) is 21.8. The summed E-state index contributed by atoms with van der Waals surface area (Å²) in [5.41, 5.74) is 6.10. The van der Waals surface area contributed by atoms with E-state index in [1.807, 2.05) is 55.7 Å². The fourth-order valence-corrected chi connectivity index (χ4v) is 4.59. The van der Waals surface area contributed by atoms with Crippen LogP contribution >= 0.6 is 0 Å². The molecule has 0 saturated carbocycles. The molecule has 1 aliphatic heterocycles. The predicted octanol–water partition coefficient (Wildman–Crippen LogP) is 5.47. The van der Waals surface area contributed by atoms with Crippen molar-refractivity contribution in [2.75, 3.05) is 10.6 Å². The zero-order chi connectivity index (χ0) is 19.8. The maximum atomic E-state index is 12.7. The van der Waals surface area contributed by atoms with E-state index in [0.29, 0.717) is 17.4 Å². The van der Waals surface area contributed by atoms with Crippen LogP contribution in [0.15, 0.2) is 79.1 Å². The number of nitrogens with zero attached hydrogens (tertiary/aromatic N) is 1. The molecule has 5 rings (SSSR count). The number of hydrogen-bond acceptors (Lipinski definition) is 3. The van der Waals surface area contributed by atoms with Crippen molar-refractivity contribution in [2.24, 2.45) is 5.92 Å². The van der Waals surface area contributed by atoms with Crippen LogP contribution in [0.3, 0.4) is 0 Å². The first kappa shape index (κ1) is 17.7. The quantitative estimate of drug-likeness (QED) is 0.592. The fourth-order valence-electron chi connectivity index (χ4n) is 4.59. The van der Waals surface area contributed by atoms with Gasteiger partial charge in [-0.3, -0.25) is 9.78 Å². The Balaban J connectivity index is 1.45. The van der Waals surface area contributed by atoms with Gasteiger partial charge in [0, 0.05) is 35.2 Å². The summed E-state index contributed by atoms with van der Waals surface area (Å²) in [5.74, 6) is 0.722. The van der Waals surface area contributed by atoms with Crippen molar-refractivity contribution in [1.29, 1.82) is 0 Å². The van der Waals surface area contributed by atoms with Crippen molar-refractivity contribution in [3.63, 3.8) is 0 Å². The maximum absolute atomic E-state index is 12.7. The minimum absolute atomic E-state index is 0.0708. The zero-order valence-electron chi connectivity index (χ0n) is 16.3. The van der Waals surface area contributed by atoms with E-state index in [2.05, 4.69) is 46.0 Å². The second kappa shape index (κ2) is 7.21. The molecule has 2 aromatic carbocycles. The standard InChI is InChI=1S/C25H23N3O/c1-16-6-2-3-8-19(16)25(29)27-18-11-12-23-22(14-18)20-9-4-10-21(20)24(28-23)17-7-5-13-26-15-17/h2-9,11-15,20-21,24,28H,10H2,1H3,(H,27,29). The molecule has 4 heteroatoms. The van der Waals surface area contributed by atoms with Gasteiger partial charge in [0.25, 0.3) is 5.91 Å². The Bertz CT molecular complexity index is 1090. The molecule has 0 bridgehead atoms. The lowest BCUT2D eigenvalue weighted by Gasteiger charge is -2.37. The highest BCUT2D eigenvalue weighted by Crippen LogP contribution is 2.50. The highest BCUT2D eigenvalue weighted by Gasteiger charge is 2.38. The van der Waals surface area contributed by atoms with Crippen LogP contribution in [0.25, 0.3) is 0 Å². The minimum Gasteiger partial charge on any atom is -0.378 e. The van der Waals surface area contributed by atoms with Gasteiger partial charge in [-0.15, -0.1) is 0 Å². The van der Waals surface area contributed by atoms with Crippen LogP contribution in [0.5, 0.6) is 0 Å². The number of aryl methyl sites for hydroxylation is 1. The third kappa shape index (κ3) is 3.21. The number of allylic oxidation sites excluding steroid dienone is 2. The van der Waals surface area contributed by atoms with E-state index in [4.69, 9.17) is 0 Å². The molecule has 0 radical (unpaired) electrons. The van der Waals surface area contributed by atoms with Crippen LogP contribution in [0.4, 0.5) is 11.4 Å². The van der Waals surface area contributed by atoms with Gasteiger partial charge in [-0.25, -0.2) is 0 Å². The van der Waals surface area contributed by atoms with E-state index in [0.717, 1.165) is 23.4 Å². The molecule has 144 valence electrons. The van der Waals surface area contributed by atoms with Crippen molar-refractivity contribution in [3.8, 4) is 0 Å². The van der Waals surface area contributed by atoms with Crippen molar-refractivity contribution >= 4 is 17.3 Å². The van der Waals surface area contributed by atoms with Gasteiger partial charge in [-0.1, -0.05) is 36.4 Å². The number of fused-ring (bicyclic) bond motifs is 3. The summed E-state index contributed by atoms with van der Waals surface area (Å²) in [4.78, 5) is 17.0. The fraction of sp³-hybridized carbons (Fsp3) is 0.200. The SMILES string of the molecule is Cc1ccccc1C(=O)Nc1ccc2c(c1)C1C=CCC1C(c1cccnc1)N2. The smallest absolute Gasteiger partial charge is 0.255 e. The Morgan fingerprint density at radius 2 is 2.03 bits per heavy atom.